The van der Waals surface area contributed by atoms with Crippen molar-refractivity contribution in [3.63, 3.8) is 0 Å². The Hall–Kier alpha value is -9.94. The van der Waals surface area contributed by atoms with E-state index in [1.807, 2.05) is 17.4 Å². The highest BCUT2D eigenvalue weighted by Gasteiger charge is 2.51. The Morgan fingerprint density at radius 2 is 0.821 bits per heavy atom. The molecule has 5 heteroatoms. The number of benzene rings is 12. The number of thiophene rings is 1. The minimum absolute atomic E-state index is 0.691. The molecule has 3 heterocycles. The number of hydrogen-bond acceptors (Lipinski definition) is 5. The third-order valence-electron chi connectivity index (χ3n) is 16.1. The second kappa shape index (κ2) is 17.6. The fraction of sp³-hybridized carbons (Fsp3) is 0.0137. The van der Waals surface area contributed by atoms with Gasteiger partial charge in [0, 0.05) is 72.4 Å². The molecule has 366 valence electrons. The molecule has 0 radical (unpaired) electrons. The maximum Gasteiger partial charge on any atom is 0.145 e. The van der Waals surface area contributed by atoms with Crippen LogP contribution in [0.4, 0.5) is 34.1 Å². The average molecular weight is 1020 g/mol. The quantitative estimate of drug-likeness (QED) is 0.152. The standard InChI is InChI=1S/C73H46N2O2S/c1-5-21-47(22-6-1)53-39-44-64(72-69(53)58-32-16-20-36-68(58)78-72)75(50-27-11-4-12-28-50)52-38-42-62-67(46-52)76-66-45-51(37-41-61(66)73(62)59-33-17-13-29-55(59)56-30-14-18-34-60(56)73)74(49-25-9-3-10-26-49)63-43-40-54(48-23-7-2-8-24-48)71-70(63)57-31-15-19-35-65(57)77-71/h1-46H. The van der Waals surface area contributed by atoms with E-state index in [0.717, 1.165) is 89.8 Å². The Morgan fingerprint density at radius 3 is 1.45 bits per heavy atom. The van der Waals surface area contributed by atoms with E-state index >= 15 is 0 Å². The van der Waals surface area contributed by atoms with Crippen LogP contribution >= 0.6 is 11.3 Å². The second-order valence-corrected chi connectivity index (χ2v) is 21.3. The maximum atomic E-state index is 7.58. The lowest BCUT2D eigenvalue weighted by atomic mass is 9.66. The lowest BCUT2D eigenvalue weighted by Gasteiger charge is -2.40. The molecule has 16 rings (SSSR count). The lowest BCUT2D eigenvalue weighted by Crippen LogP contribution is -2.32. The molecular weight excluding hydrogens is 969 g/mol. The highest BCUT2D eigenvalue weighted by atomic mass is 32.1. The van der Waals surface area contributed by atoms with Gasteiger partial charge in [0.2, 0.25) is 0 Å². The van der Waals surface area contributed by atoms with E-state index in [2.05, 4.69) is 283 Å². The number of anilines is 6. The van der Waals surface area contributed by atoms with Gasteiger partial charge < -0.3 is 19.0 Å². The van der Waals surface area contributed by atoms with Gasteiger partial charge in [-0.15, -0.1) is 11.3 Å². The summed E-state index contributed by atoms with van der Waals surface area (Å²) in [6.45, 7) is 0. The zero-order valence-corrected chi connectivity index (χ0v) is 43.0. The largest absolute Gasteiger partial charge is 0.457 e. The van der Waals surface area contributed by atoms with E-state index in [9.17, 15) is 0 Å². The van der Waals surface area contributed by atoms with Crippen LogP contribution in [0, 0.1) is 0 Å². The first-order chi connectivity index (χ1) is 38.7. The first kappa shape index (κ1) is 44.4. The van der Waals surface area contributed by atoms with E-state index in [-0.39, 0.29) is 0 Å². The molecule has 0 unspecified atom stereocenters. The van der Waals surface area contributed by atoms with Crippen LogP contribution in [-0.4, -0.2) is 0 Å². The monoisotopic (exact) mass is 1010 g/mol. The van der Waals surface area contributed by atoms with E-state index in [0.29, 0.717) is 0 Å². The SMILES string of the molecule is c1ccc(-c2ccc(N(c3ccccc3)c3ccc4c(c3)Oc3cc(N(c5ccccc5)c5ccc(-c6ccccc6)c6c5sc5ccccc56)ccc3C43c4ccccc4-c4ccccc43)c3c2oc2ccccc23)cc1. The zero-order valence-electron chi connectivity index (χ0n) is 42.2. The Kier molecular flexibility index (Phi) is 9.99. The van der Waals surface area contributed by atoms with Crippen LogP contribution in [0.2, 0.25) is 0 Å². The lowest BCUT2D eigenvalue weighted by molar-refractivity contribution is 0.436. The average Bonchev–Trinajstić information content (AvgIpc) is 4.34. The number of para-hydroxylation sites is 3. The molecule has 1 aliphatic heterocycles. The van der Waals surface area contributed by atoms with Gasteiger partial charge in [-0.2, -0.15) is 0 Å². The van der Waals surface area contributed by atoms with E-state index in [1.54, 1.807) is 0 Å². The van der Waals surface area contributed by atoms with Crippen LogP contribution in [0.3, 0.4) is 0 Å². The molecule has 1 spiro atoms. The predicted molar refractivity (Wildman–Crippen MR) is 324 cm³/mol. The third-order valence-corrected chi connectivity index (χ3v) is 17.3. The van der Waals surface area contributed by atoms with Gasteiger partial charge in [0.1, 0.15) is 22.7 Å². The first-order valence-electron chi connectivity index (χ1n) is 26.6. The maximum absolute atomic E-state index is 7.58. The van der Waals surface area contributed by atoms with Gasteiger partial charge >= 0.3 is 0 Å². The number of ether oxygens (including phenoxy) is 1. The molecule has 4 nitrogen and oxygen atoms in total. The van der Waals surface area contributed by atoms with Crippen molar-refractivity contribution in [3.05, 3.63) is 301 Å². The van der Waals surface area contributed by atoms with Gasteiger partial charge in [0.05, 0.1) is 26.9 Å². The molecule has 0 saturated carbocycles. The summed E-state index contributed by atoms with van der Waals surface area (Å²) in [6.07, 6.45) is 0. The van der Waals surface area contributed by atoms with Gasteiger partial charge in [-0.3, -0.25) is 0 Å². The summed E-state index contributed by atoms with van der Waals surface area (Å²) in [6, 6.07) is 101. The molecule has 0 amide bonds. The first-order valence-corrected chi connectivity index (χ1v) is 27.4. The Balaban J connectivity index is 0.934. The highest BCUT2D eigenvalue weighted by Crippen LogP contribution is 2.63. The highest BCUT2D eigenvalue weighted by molar-refractivity contribution is 7.26. The summed E-state index contributed by atoms with van der Waals surface area (Å²) in [5.74, 6) is 1.60. The van der Waals surface area contributed by atoms with Crippen LogP contribution < -0.4 is 14.5 Å². The number of hydrogen-bond donors (Lipinski definition) is 0. The third kappa shape index (κ3) is 6.59. The van der Waals surface area contributed by atoms with Crippen LogP contribution in [0.5, 0.6) is 11.5 Å². The van der Waals surface area contributed by atoms with E-state index < -0.39 is 5.41 Å². The minimum atomic E-state index is -0.691. The number of nitrogens with zero attached hydrogens (tertiary/aromatic N) is 2. The summed E-state index contributed by atoms with van der Waals surface area (Å²) in [7, 11) is 0. The number of rotatable bonds is 8. The Morgan fingerprint density at radius 1 is 0.333 bits per heavy atom. The fourth-order valence-corrected chi connectivity index (χ4v) is 14.1. The summed E-state index contributed by atoms with van der Waals surface area (Å²) in [4.78, 5) is 4.78. The van der Waals surface area contributed by atoms with Crippen LogP contribution in [0.1, 0.15) is 22.3 Å². The van der Waals surface area contributed by atoms with E-state index in [1.165, 1.54) is 53.6 Å². The van der Waals surface area contributed by atoms with Crippen molar-refractivity contribution in [3.8, 4) is 44.9 Å². The predicted octanol–water partition coefficient (Wildman–Crippen LogP) is 20.7. The summed E-state index contributed by atoms with van der Waals surface area (Å²) < 4.78 is 16.9. The minimum Gasteiger partial charge on any atom is -0.457 e. The smallest absolute Gasteiger partial charge is 0.145 e. The molecule has 0 bridgehead atoms. The molecule has 2 aliphatic rings. The van der Waals surface area contributed by atoms with Crippen molar-refractivity contribution in [1.29, 1.82) is 0 Å². The summed E-state index contributed by atoms with van der Waals surface area (Å²) >= 11 is 1.85. The van der Waals surface area contributed by atoms with Crippen molar-refractivity contribution < 1.29 is 9.15 Å². The van der Waals surface area contributed by atoms with Crippen LogP contribution in [0.15, 0.2) is 283 Å². The van der Waals surface area contributed by atoms with Gasteiger partial charge in [0.25, 0.3) is 0 Å². The Labute approximate surface area is 455 Å². The molecule has 0 atom stereocenters. The molecule has 12 aromatic carbocycles. The molecule has 14 aromatic rings. The van der Waals surface area contributed by atoms with Crippen molar-refractivity contribution in [1.82, 2.24) is 0 Å². The molecule has 0 N–H and O–H groups in total. The topological polar surface area (TPSA) is 28.9 Å². The van der Waals surface area contributed by atoms with Crippen molar-refractivity contribution >= 4 is 87.6 Å². The molecular formula is C73H46N2O2S. The van der Waals surface area contributed by atoms with Gasteiger partial charge in [-0.1, -0.05) is 200 Å². The van der Waals surface area contributed by atoms with Crippen LogP contribution in [-0.2, 0) is 5.41 Å². The molecule has 2 aromatic heterocycles. The van der Waals surface area contributed by atoms with Crippen molar-refractivity contribution in [2.45, 2.75) is 5.41 Å². The van der Waals surface area contributed by atoms with Crippen molar-refractivity contribution in [2.75, 3.05) is 9.80 Å². The second-order valence-electron chi connectivity index (χ2n) is 20.2. The summed E-state index contributed by atoms with van der Waals surface area (Å²) in [5, 5.41) is 4.62. The fourth-order valence-electron chi connectivity index (χ4n) is 12.9. The molecule has 78 heavy (non-hydrogen) atoms. The van der Waals surface area contributed by atoms with Crippen LogP contribution in [0.25, 0.3) is 75.5 Å². The molecule has 0 fully saturated rings. The molecule has 1 aliphatic carbocycles. The van der Waals surface area contributed by atoms with Gasteiger partial charge in [-0.05, 0) is 106 Å². The summed E-state index contributed by atoms with van der Waals surface area (Å²) in [5.41, 5.74) is 18.9. The normalized spacial score (nSPS) is 12.8. The number of fused-ring (bicyclic) bond motifs is 15. The van der Waals surface area contributed by atoms with E-state index in [4.69, 9.17) is 9.15 Å². The van der Waals surface area contributed by atoms with Gasteiger partial charge in [-0.25, -0.2) is 0 Å². The van der Waals surface area contributed by atoms with Crippen molar-refractivity contribution in [2.24, 2.45) is 0 Å². The Bertz CT molecular complexity index is 4620. The number of furan rings is 1. The zero-order chi connectivity index (χ0) is 51.3. The van der Waals surface area contributed by atoms with Gasteiger partial charge in [0.15, 0.2) is 0 Å². The molecule has 0 saturated heterocycles.